The fourth-order valence-electron chi connectivity index (χ4n) is 2.91. The number of hydrazone groups is 1. The highest BCUT2D eigenvalue weighted by Crippen LogP contribution is 2.29. The summed E-state index contributed by atoms with van der Waals surface area (Å²) in [5.74, 6) is 0.916. The zero-order chi connectivity index (χ0) is 18.5. The van der Waals surface area contributed by atoms with Crippen LogP contribution in [0.1, 0.15) is 21.5 Å². The van der Waals surface area contributed by atoms with Crippen molar-refractivity contribution in [1.29, 1.82) is 0 Å². The SMILES string of the molecule is COc1cccc(/C=N\NC(=O)c2c(C)ccc3ccccc23)c1OC. The van der Waals surface area contributed by atoms with Crippen LogP contribution in [0.25, 0.3) is 10.8 Å². The Morgan fingerprint density at radius 3 is 2.58 bits per heavy atom. The van der Waals surface area contributed by atoms with Crippen LogP contribution in [0.3, 0.4) is 0 Å². The maximum atomic E-state index is 12.7. The molecule has 26 heavy (non-hydrogen) atoms. The molecule has 0 aliphatic carbocycles. The van der Waals surface area contributed by atoms with Gasteiger partial charge in [-0.2, -0.15) is 5.10 Å². The number of benzene rings is 3. The second kappa shape index (κ2) is 7.70. The van der Waals surface area contributed by atoms with E-state index in [1.54, 1.807) is 26.5 Å². The number of ether oxygens (including phenoxy) is 2. The summed E-state index contributed by atoms with van der Waals surface area (Å²) in [4.78, 5) is 12.7. The van der Waals surface area contributed by atoms with Crippen LogP contribution in [0.4, 0.5) is 0 Å². The van der Waals surface area contributed by atoms with Crippen molar-refractivity contribution < 1.29 is 14.3 Å². The van der Waals surface area contributed by atoms with Crippen molar-refractivity contribution in [2.24, 2.45) is 5.10 Å². The average Bonchev–Trinajstić information content (AvgIpc) is 2.67. The zero-order valence-corrected chi connectivity index (χ0v) is 14.9. The molecule has 0 aliphatic rings. The average molecular weight is 348 g/mol. The lowest BCUT2D eigenvalue weighted by Gasteiger charge is -2.10. The minimum Gasteiger partial charge on any atom is -0.493 e. The van der Waals surface area contributed by atoms with Gasteiger partial charge >= 0.3 is 0 Å². The first-order valence-electron chi connectivity index (χ1n) is 8.18. The molecule has 0 aromatic heterocycles. The Hall–Kier alpha value is -3.34. The molecule has 132 valence electrons. The van der Waals surface area contributed by atoms with Crippen LogP contribution >= 0.6 is 0 Å². The molecule has 0 saturated carbocycles. The maximum Gasteiger partial charge on any atom is 0.272 e. The molecule has 0 atom stereocenters. The minimum absolute atomic E-state index is 0.252. The van der Waals surface area contributed by atoms with E-state index < -0.39 is 0 Å². The summed E-state index contributed by atoms with van der Waals surface area (Å²) in [6.45, 7) is 1.91. The molecule has 0 radical (unpaired) electrons. The van der Waals surface area contributed by atoms with E-state index in [4.69, 9.17) is 9.47 Å². The van der Waals surface area contributed by atoms with Crippen molar-refractivity contribution in [1.82, 2.24) is 5.43 Å². The van der Waals surface area contributed by atoms with Gasteiger partial charge in [0.25, 0.3) is 5.91 Å². The van der Waals surface area contributed by atoms with E-state index in [0.717, 1.165) is 16.3 Å². The number of methoxy groups -OCH3 is 2. The predicted octanol–water partition coefficient (Wildman–Crippen LogP) is 3.93. The summed E-state index contributed by atoms with van der Waals surface area (Å²) in [6, 6.07) is 17.2. The quantitative estimate of drug-likeness (QED) is 0.561. The molecule has 1 N–H and O–H groups in total. The number of hydrogen-bond acceptors (Lipinski definition) is 4. The lowest BCUT2D eigenvalue weighted by molar-refractivity contribution is 0.0956. The molecule has 0 heterocycles. The molecule has 0 bridgehead atoms. The molecule has 0 spiro atoms. The van der Waals surface area contributed by atoms with Crippen LogP contribution in [0.15, 0.2) is 59.7 Å². The first kappa shape index (κ1) is 17.5. The summed E-state index contributed by atoms with van der Waals surface area (Å²) in [5, 5.41) is 6.01. The summed E-state index contributed by atoms with van der Waals surface area (Å²) in [6.07, 6.45) is 1.54. The summed E-state index contributed by atoms with van der Waals surface area (Å²) < 4.78 is 10.6. The number of aryl methyl sites for hydroxylation is 1. The maximum absolute atomic E-state index is 12.7. The number of para-hydroxylation sites is 1. The summed E-state index contributed by atoms with van der Waals surface area (Å²) in [5.41, 5.74) is 4.83. The van der Waals surface area contributed by atoms with Gasteiger partial charge in [0.15, 0.2) is 11.5 Å². The topological polar surface area (TPSA) is 59.9 Å². The Kier molecular flexibility index (Phi) is 5.17. The first-order chi connectivity index (χ1) is 12.7. The molecular formula is C21H20N2O3. The lowest BCUT2D eigenvalue weighted by atomic mass is 9.99. The summed E-state index contributed by atoms with van der Waals surface area (Å²) >= 11 is 0. The Bertz CT molecular complexity index is 980. The smallest absolute Gasteiger partial charge is 0.272 e. The molecule has 0 aliphatic heterocycles. The molecule has 3 aromatic carbocycles. The van der Waals surface area contributed by atoms with Crippen LogP contribution in [0.5, 0.6) is 11.5 Å². The fourth-order valence-corrected chi connectivity index (χ4v) is 2.91. The monoisotopic (exact) mass is 348 g/mol. The number of nitrogens with one attached hydrogen (secondary N) is 1. The number of carbonyl (C=O) groups is 1. The minimum atomic E-state index is -0.252. The van der Waals surface area contributed by atoms with Crippen LogP contribution < -0.4 is 14.9 Å². The van der Waals surface area contributed by atoms with Gasteiger partial charge in [-0.1, -0.05) is 42.5 Å². The van der Waals surface area contributed by atoms with E-state index in [0.29, 0.717) is 22.6 Å². The van der Waals surface area contributed by atoms with Gasteiger partial charge in [0, 0.05) is 5.56 Å². The Balaban J connectivity index is 1.87. The third kappa shape index (κ3) is 3.37. The number of nitrogens with zero attached hydrogens (tertiary/aromatic N) is 1. The molecule has 0 unspecified atom stereocenters. The van der Waals surface area contributed by atoms with Gasteiger partial charge in [-0.3, -0.25) is 4.79 Å². The third-order valence-electron chi connectivity index (χ3n) is 4.17. The Morgan fingerprint density at radius 2 is 1.81 bits per heavy atom. The van der Waals surface area contributed by atoms with Crippen LogP contribution in [-0.2, 0) is 0 Å². The largest absolute Gasteiger partial charge is 0.493 e. The number of fused-ring (bicyclic) bond motifs is 1. The molecule has 3 rings (SSSR count). The number of amides is 1. The standard InChI is InChI=1S/C21H20N2O3/c1-14-11-12-15-7-4-5-9-17(15)19(14)21(24)23-22-13-16-8-6-10-18(25-2)20(16)26-3/h4-13H,1-3H3,(H,23,24)/b22-13-. The lowest BCUT2D eigenvalue weighted by Crippen LogP contribution is -2.19. The van der Waals surface area contributed by atoms with Crippen molar-refractivity contribution >= 4 is 22.9 Å². The molecule has 5 heteroatoms. The molecule has 0 saturated heterocycles. The van der Waals surface area contributed by atoms with E-state index >= 15 is 0 Å². The van der Waals surface area contributed by atoms with Crippen molar-refractivity contribution in [3.8, 4) is 11.5 Å². The van der Waals surface area contributed by atoms with E-state index in [-0.39, 0.29) is 5.91 Å². The zero-order valence-electron chi connectivity index (χ0n) is 14.9. The van der Waals surface area contributed by atoms with Gasteiger partial charge in [-0.05, 0) is 35.4 Å². The van der Waals surface area contributed by atoms with E-state index in [2.05, 4.69) is 10.5 Å². The molecular weight excluding hydrogens is 328 g/mol. The second-order valence-electron chi connectivity index (χ2n) is 5.76. The number of hydrogen-bond donors (Lipinski definition) is 1. The molecule has 1 amide bonds. The highest BCUT2D eigenvalue weighted by molar-refractivity contribution is 6.08. The van der Waals surface area contributed by atoms with Crippen molar-refractivity contribution in [2.75, 3.05) is 14.2 Å². The molecule has 0 fully saturated rings. The number of rotatable bonds is 5. The normalized spacial score (nSPS) is 10.9. The van der Waals surface area contributed by atoms with Gasteiger partial charge in [-0.15, -0.1) is 0 Å². The van der Waals surface area contributed by atoms with Gasteiger partial charge in [-0.25, -0.2) is 5.43 Å². The van der Waals surface area contributed by atoms with Crippen molar-refractivity contribution in [3.05, 3.63) is 71.3 Å². The molecule has 3 aromatic rings. The van der Waals surface area contributed by atoms with Crippen LogP contribution in [0.2, 0.25) is 0 Å². The number of carbonyl (C=O) groups excluding carboxylic acids is 1. The van der Waals surface area contributed by atoms with E-state index in [1.165, 1.54) is 0 Å². The van der Waals surface area contributed by atoms with Crippen molar-refractivity contribution in [3.63, 3.8) is 0 Å². The van der Waals surface area contributed by atoms with Gasteiger partial charge < -0.3 is 9.47 Å². The highest BCUT2D eigenvalue weighted by atomic mass is 16.5. The van der Waals surface area contributed by atoms with E-state index in [9.17, 15) is 4.79 Å². The van der Waals surface area contributed by atoms with Crippen LogP contribution in [-0.4, -0.2) is 26.3 Å². The van der Waals surface area contributed by atoms with Gasteiger partial charge in [0.1, 0.15) is 0 Å². The Morgan fingerprint density at radius 1 is 1.00 bits per heavy atom. The van der Waals surface area contributed by atoms with Crippen molar-refractivity contribution in [2.45, 2.75) is 6.92 Å². The highest BCUT2D eigenvalue weighted by Gasteiger charge is 2.13. The fraction of sp³-hybridized carbons (Fsp3) is 0.143. The molecule has 5 nitrogen and oxygen atoms in total. The third-order valence-corrected chi connectivity index (χ3v) is 4.17. The van der Waals surface area contributed by atoms with Gasteiger partial charge in [0.2, 0.25) is 0 Å². The predicted molar refractivity (Wildman–Crippen MR) is 103 cm³/mol. The first-order valence-corrected chi connectivity index (χ1v) is 8.18. The second-order valence-corrected chi connectivity index (χ2v) is 5.76. The van der Waals surface area contributed by atoms with Gasteiger partial charge in [0.05, 0.1) is 26.0 Å². The Labute approximate surface area is 152 Å². The van der Waals surface area contributed by atoms with E-state index in [1.807, 2.05) is 55.5 Å². The van der Waals surface area contributed by atoms with Crippen LogP contribution in [0, 0.1) is 6.92 Å². The summed E-state index contributed by atoms with van der Waals surface area (Å²) in [7, 11) is 3.14.